The number of piperidine rings is 1. The molecule has 0 aromatic rings. The molecule has 0 aliphatic carbocycles. The Morgan fingerprint density at radius 3 is 2.53 bits per heavy atom. The molecular weight excluding hydrogens is 218 g/mol. The van der Waals surface area contributed by atoms with Gasteiger partial charge in [-0.1, -0.05) is 13.8 Å². The number of carbonyl (C=O) groups excluding carboxylic acids is 2. The maximum Gasteiger partial charge on any atom is 0.230 e. The summed E-state index contributed by atoms with van der Waals surface area (Å²) in [5.74, 6) is -0.429. The first kappa shape index (κ1) is 14.2. The van der Waals surface area contributed by atoms with Crippen molar-refractivity contribution in [3.8, 4) is 0 Å². The van der Waals surface area contributed by atoms with Crippen LogP contribution in [-0.4, -0.2) is 24.5 Å². The van der Waals surface area contributed by atoms with E-state index in [1.54, 1.807) is 7.11 Å². The highest BCUT2D eigenvalue weighted by Crippen LogP contribution is 2.43. The molecule has 1 rings (SSSR count). The lowest BCUT2D eigenvalue weighted by Crippen LogP contribution is -2.52. The van der Waals surface area contributed by atoms with E-state index in [9.17, 15) is 9.59 Å². The van der Waals surface area contributed by atoms with Gasteiger partial charge in [-0.3, -0.25) is 14.9 Å². The molecule has 4 nitrogen and oxygen atoms in total. The van der Waals surface area contributed by atoms with Crippen LogP contribution >= 0.6 is 0 Å². The zero-order chi connectivity index (χ0) is 13.3. The predicted molar refractivity (Wildman–Crippen MR) is 65.4 cm³/mol. The van der Waals surface area contributed by atoms with Gasteiger partial charge in [0.05, 0.1) is 5.60 Å². The Morgan fingerprint density at radius 2 is 2.06 bits per heavy atom. The van der Waals surface area contributed by atoms with E-state index in [4.69, 9.17) is 4.74 Å². The fourth-order valence-corrected chi connectivity index (χ4v) is 2.98. The number of imide groups is 1. The minimum Gasteiger partial charge on any atom is -0.379 e. The number of methoxy groups -OCH3 is 1. The number of carbonyl (C=O) groups is 2. The standard InChI is InChI=1S/C13H23NO3/c1-6-9-11(16)14-10(15)7-13(9,4)8-12(2,3)17-5/h9H,6-8H2,1-5H3,(H,14,15,16). The van der Waals surface area contributed by atoms with Crippen molar-refractivity contribution in [1.82, 2.24) is 5.32 Å². The van der Waals surface area contributed by atoms with Gasteiger partial charge in [-0.25, -0.2) is 0 Å². The van der Waals surface area contributed by atoms with Gasteiger partial charge in [0.25, 0.3) is 0 Å². The van der Waals surface area contributed by atoms with E-state index in [-0.39, 0.29) is 28.7 Å². The second kappa shape index (κ2) is 4.77. The van der Waals surface area contributed by atoms with Crippen molar-refractivity contribution in [3.63, 3.8) is 0 Å². The third kappa shape index (κ3) is 3.06. The molecule has 0 radical (unpaired) electrons. The number of nitrogens with one attached hydrogen (secondary N) is 1. The average molecular weight is 241 g/mol. The van der Waals surface area contributed by atoms with E-state index in [1.165, 1.54) is 0 Å². The first-order chi connectivity index (χ1) is 7.74. The molecule has 98 valence electrons. The lowest BCUT2D eigenvalue weighted by Gasteiger charge is -2.43. The summed E-state index contributed by atoms with van der Waals surface area (Å²) in [4.78, 5) is 23.4. The monoisotopic (exact) mass is 241 g/mol. The summed E-state index contributed by atoms with van der Waals surface area (Å²) in [6.45, 7) is 7.97. The van der Waals surface area contributed by atoms with Crippen molar-refractivity contribution < 1.29 is 14.3 Å². The molecular formula is C13H23NO3. The zero-order valence-corrected chi connectivity index (χ0v) is 11.4. The Kier molecular flexibility index (Phi) is 3.97. The molecule has 0 spiro atoms. The molecule has 2 atom stereocenters. The van der Waals surface area contributed by atoms with E-state index < -0.39 is 0 Å². The summed E-state index contributed by atoms with van der Waals surface area (Å²) in [5, 5.41) is 2.42. The highest BCUT2D eigenvalue weighted by atomic mass is 16.5. The lowest BCUT2D eigenvalue weighted by molar-refractivity contribution is -0.146. The largest absolute Gasteiger partial charge is 0.379 e. The van der Waals surface area contributed by atoms with E-state index in [0.29, 0.717) is 12.8 Å². The van der Waals surface area contributed by atoms with Gasteiger partial charge < -0.3 is 4.74 Å². The van der Waals surface area contributed by atoms with Crippen LogP contribution in [0.2, 0.25) is 0 Å². The number of ether oxygens (including phenoxy) is 1. The second-order valence-corrected chi connectivity index (χ2v) is 5.84. The van der Waals surface area contributed by atoms with E-state index in [1.807, 2.05) is 27.7 Å². The summed E-state index contributed by atoms with van der Waals surface area (Å²) in [6, 6.07) is 0. The van der Waals surface area contributed by atoms with Crippen LogP contribution in [0.1, 0.15) is 47.0 Å². The summed E-state index contributed by atoms with van der Waals surface area (Å²) >= 11 is 0. The van der Waals surface area contributed by atoms with Gasteiger partial charge in [-0.2, -0.15) is 0 Å². The number of rotatable bonds is 4. The highest BCUT2D eigenvalue weighted by molar-refractivity contribution is 5.99. The van der Waals surface area contributed by atoms with Crippen LogP contribution < -0.4 is 5.32 Å². The van der Waals surface area contributed by atoms with Gasteiger partial charge in [-0.15, -0.1) is 0 Å². The minimum atomic E-state index is -0.319. The molecule has 1 aliphatic heterocycles. The fourth-order valence-electron chi connectivity index (χ4n) is 2.98. The smallest absolute Gasteiger partial charge is 0.230 e. The Bertz CT molecular complexity index is 325. The molecule has 1 aliphatic rings. The topological polar surface area (TPSA) is 55.4 Å². The quantitative estimate of drug-likeness (QED) is 0.765. The molecule has 0 aromatic heterocycles. The summed E-state index contributed by atoms with van der Waals surface area (Å²) < 4.78 is 5.43. The Hall–Kier alpha value is -0.900. The lowest BCUT2D eigenvalue weighted by atomic mass is 9.65. The van der Waals surface area contributed by atoms with Crippen molar-refractivity contribution in [2.75, 3.05) is 7.11 Å². The molecule has 0 bridgehead atoms. The van der Waals surface area contributed by atoms with Crippen molar-refractivity contribution >= 4 is 11.8 Å². The summed E-state index contributed by atoms with van der Waals surface area (Å²) in [7, 11) is 1.66. The Labute approximate surface area is 103 Å². The maximum atomic E-state index is 11.9. The fraction of sp³-hybridized carbons (Fsp3) is 0.846. The normalized spacial score (nSPS) is 30.3. The molecule has 0 aromatic carbocycles. The zero-order valence-electron chi connectivity index (χ0n) is 11.4. The van der Waals surface area contributed by atoms with Gasteiger partial charge in [0.1, 0.15) is 0 Å². The summed E-state index contributed by atoms with van der Waals surface area (Å²) in [5.41, 5.74) is -0.631. The van der Waals surface area contributed by atoms with Gasteiger partial charge in [0, 0.05) is 19.4 Å². The van der Waals surface area contributed by atoms with Crippen molar-refractivity contribution in [2.45, 2.75) is 52.6 Å². The Morgan fingerprint density at radius 1 is 1.47 bits per heavy atom. The molecule has 2 unspecified atom stereocenters. The van der Waals surface area contributed by atoms with E-state index in [2.05, 4.69) is 5.32 Å². The highest BCUT2D eigenvalue weighted by Gasteiger charge is 2.46. The molecule has 0 saturated carbocycles. The van der Waals surface area contributed by atoms with Gasteiger partial charge in [-0.05, 0) is 32.1 Å². The van der Waals surface area contributed by atoms with Crippen molar-refractivity contribution in [1.29, 1.82) is 0 Å². The van der Waals surface area contributed by atoms with E-state index >= 15 is 0 Å². The molecule has 4 heteroatoms. The predicted octanol–water partition coefficient (Wildman–Crippen LogP) is 1.88. The van der Waals surface area contributed by atoms with Crippen LogP contribution in [0.25, 0.3) is 0 Å². The van der Waals surface area contributed by atoms with E-state index in [0.717, 1.165) is 6.42 Å². The number of amides is 2. The van der Waals surface area contributed by atoms with Gasteiger partial charge >= 0.3 is 0 Å². The second-order valence-electron chi connectivity index (χ2n) is 5.84. The van der Waals surface area contributed by atoms with Crippen LogP contribution in [0, 0.1) is 11.3 Å². The third-order valence-corrected chi connectivity index (χ3v) is 3.78. The van der Waals surface area contributed by atoms with Crippen molar-refractivity contribution in [3.05, 3.63) is 0 Å². The van der Waals surface area contributed by atoms with Crippen LogP contribution in [0.3, 0.4) is 0 Å². The molecule has 17 heavy (non-hydrogen) atoms. The van der Waals surface area contributed by atoms with Crippen LogP contribution in [0.4, 0.5) is 0 Å². The van der Waals surface area contributed by atoms with Gasteiger partial charge in [0.15, 0.2) is 0 Å². The molecule has 1 heterocycles. The van der Waals surface area contributed by atoms with Gasteiger partial charge in [0.2, 0.25) is 11.8 Å². The summed E-state index contributed by atoms with van der Waals surface area (Å²) in [6.07, 6.45) is 1.84. The average Bonchev–Trinajstić information content (AvgIpc) is 2.15. The molecule has 2 amide bonds. The van der Waals surface area contributed by atoms with Crippen LogP contribution in [-0.2, 0) is 14.3 Å². The SMILES string of the molecule is CCC1C(=O)NC(=O)CC1(C)CC(C)(C)OC. The molecule has 1 fully saturated rings. The Balaban J connectivity index is 2.96. The first-order valence-corrected chi connectivity index (χ1v) is 6.13. The van der Waals surface area contributed by atoms with Crippen molar-refractivity contribution in [2.24, 2.45) is 11.3 Å². The first-order valence-electron chi connectivity index (χ1n) is 6.13. The third-order valence-electron chi connectivity index (χ3n) is 3.78. The maximum absolute atomic E-state index is 11.9. The molecule has 1 N–H and O–H groups in total. The van der Waals surface area contributed by atoms with Crippen LogP contribution in [0.15, 0.2) is 0 Å². The van der Waals surface area contributed by atoms with Crippen LogP contribution in [0.5, 0.6) is 0 Å². The minimum absolute atomic E-state index is 0.116. The number of hydrogen-bond acceptors (Lipinski definition) is 3. The number of hydrogen-bond donors (Lipinski definition) is 1. The molecule has 1 saturated heterocycles.